The average Bonchev–Trinajstić information content (AvgIpc) is 3.42. The van der Waals surface area contributed by atoms with Gasteiger partial charge >= 0.3 is 0 Å². The minimum Gasteiger partial charge on any atom is -0.389 e. The number of carbonyl (C=O) groups excluding carboxylic acids is 2. The van der Waals surface area contributed by atoms with Gasteiger partial charge in [0.05, 0.1) is 24.2 Å². The molecule has 2 fully saturated rings. The van der Waals surface area contributed by atoms with E-state index >= 15 is 0 Å². The van der Waals surface area contributed by atoms with Crippen molar-refractivity contribution < 1.29 is 14.7 Å². The first-order chi connectivity index (χ1) is 17.9. The molecule has 2 aliphatic rings. The summed E-state index contributed by atoms with van der Waals surface area (Å²) in [6.45, 7) is 4.45. The highest BCUT2D eigenvalue weighted by Crippen LogP contribution is 2.35. The summed E-state index contributed by atoms with van der Waals surface area (Å²) in [5, 5.41) is 20.6. The van der Waals surface area contributed by atoms with Gasteiger partial charge in [-0.3, -0.25) is 9.59 Å². The first kappa shape index (κ1) is 25.6. The quantitative estimate of drug-likeness (QED) is 0.390. The molecule has 0 bridgehead atoms. The van der Waals surface area contributed by atoms with E-state index in [2.05, 4.69) is 15.6 Å². The fourth-order valence-electron chi connectivity index (χ4n) is 4.97. The Labute approximate surface area is 221 Å². The second-order valence-electron chi connectivity index (χ2n) is 10.1. The molecule has 0 radical (unpaired) electrons. The number of rotatable bonds is 9. The van der Waals surface area contributed by atoms with Crippen LogP contribution in [0.1, 0.15) is 81.7 Å². The summed E-state index contributed by atoms with van der Waals surface area (Å²) >= 11 is 1.59. The number of nitrogens with zero attached hydrogens (tertiary/aromatic N) is 2. The summed E-state index contributed by atoms with van der Waals surface area (Å²) < 4.78 is 0. The van der Waals surface area contributed by atoms with Crippen LogP contribution < -0.4 is 10.6 Å². The van der Waals surface area contributed by atoms with E-state index in [1.54, 1.807) is 35.6 Å². The number of thiazole rings is 1. The average molecular weight is 519 g/mol. The molecular formula is C29H34N4O3S. The highest BCUT2D eigenvalue weighted by Gasteiger charge is 2.34. The monoisotopic (exact) mass is 518 g/mol. The predicted octanol–water partition coefficient (Wildman–Crippen LogP) is 4.40. The number of hydrogen-bond donors (Lipinski definition) is 3. The minimum absolute atomic E-state index is 0.0206. The van der Waals surface area contributed by atoms with Gasteiger partial charge in [0.2, 0.25) is 0 Å². The van der Waals surface area contributed by atoms with Crippen LogP contribution in [0.5, 0.6) is 0 Å². The smallest absolute Gasteiger partial charge is 0.254 e. The van der Waals surface area contributed by atoms with Crippen molar-refractivity contribution in [3.8, 4) is 0 Å². The van der Waals surface area contributed by atoms with Crippen molar-refractivity contribution in [3.05, 3.63) is 87.4 Å². The maximum Gasteiger partial charge on any atom is 0.254 e. The molecular weight excluding hydrogens is 484 g/mol. The zero-order valence-electron chi connectivity index (χ0n) is 21.3. The van der Waals surface area contributed by atoms with Gasteiger partial charge in [0.15, 0.2) is 0 Å². The molecule has 1 aromatic heterocycles. The van der Waals surface area contributed by atoms with Crippen LogP contribution in [0.25, 0.3) is 0 Å². The molecule has 7 nitrogen and oxygen atoms in total. The molecule has 3 N–H and O–H groups in total. The highest BCUT2D eigenvalue weighted by atomic mass is 32.1. The summed E-state index contributed by atoms with van der Waals surface area (Å²) in [4.78, 5) is 33.1. The Bertz CT molecular complexity index is 1240. The number of aliphatic hydroxyl groups excluding tert-OH is 1. The van der Waals surface area contributed by atoms with E-state index in [0.29, 0.717) is 23.7 Å². The number of amides is 2. The number of hydrogen-bond acceptors (Lipinski definition) is 6. The number of likely N-dealkylation sites (tertiary alicyclic amines) is 1. The SMILES string of the molecule is Cc1csc(C2CCCN2C(=O)c2cccc(C(=O)NC(C)C(O)C(NC3CC3)c3ccccc3)c2)n1. The van der Waals surface area contributed by atoms with Gasteiger partial charge in [-0.2, -0.15) is 0 Å². The van der Waals surface area contributed by atoms with Crippen LogP contribution in [-0.2, 0) is 0 Å². The number of aromatic nitrogens is 1. The Hall–Kier alpha value is -3.07. The minimum atomic E-state index is -0.816. The molecule has 1 saturated carbocycles. The van der Waals surface area contributed by atoms with E-state index in [4.69, 9.17) is 0 Å². The Morgan fingerprint density at radius 2 is 1.84 bits per heavy atom. The number of nitrogens with one attached hydrogen (secondary N) is 2. The molecule has 0 spiro atoms. The van der Waals surface area contributed by atoms with Crippen LogP contribution in [0.2, 0.25) is 0 Å². The predicted molar refractivity (Wildman–Crippen MR) is 145 cm³/mol. The maximum absolute atomic E-state index is 13.4. The zero-order chi connectivity index (χ0) is 25.9. The summed E-state index contributed by atoms with van der Waals surface area (Å²) in [6, 6.07) is 16.3. The van der Waals surface area contributed by atoms with E-state index in [1.807, 2.05) is 54.5 Å². The Kier molecular flexibility index (Phi) is 7.69. The summed E-state index contributed by atoms with van der Waals surface area (Å²) in [5.74, 6) is -0.399. The third kappa shape index (κ3) is 5.92. The number of benzene rings is 2. The van der Waals surface area contributed by atoms with Gasteiger partial charge in [0, 0.05) is 34.8 Å². The van der Waals surface area contributed by atoms with Crippen molar-refractivity contribution in [1.82, 2.24) is 20.5 Å². The zero-order valence-corrected chi connectivity index (χ0v) is 22.1. The molecule has 8 heteroatoms. The second-order valence-corrected chi connectivity index (χ2v) is 11.0. The molecule has 2 heterocycles. The lowest BCUT2D eigenvalue weighted by Gasteiger charge is -2.30. The lowest BCUT2D eigenvalue weighted by atomic mass is 9.96. The van der Waals surface area contributed by atoms with E-state index in [9.17, 15) is 14.7 Å². The fourth-order valence-corrected chi connectivity index (χ4v) is 5.91. The van der Waals surface area contributed by atoms with Crippen molar-refractivity contribution >= 4 is 23.2 Å². The molecule has 3 aromatic rings. The van der Waals surface area contributed by atoms with Crippen LogP contribution in [0.3, 0.4) is 0 Å². The van der Waals surface area contributed by atoms with Crippen molar-refractivity contribution in [2.45, 2.75) is 69.8 Å². The molecule has 5 rings (SSSR count). The Balaban J connectivity index is 1.27. The fraction of sp³-hybridized carbons (Fsp3) is 0.414. The van der Waals surface area contributed by atoms with Crippen molar-refractivity contribution in [3.63, 3.8) is 0 Å². The molecule has 2 aromatic carbocycles. The van der Waals surface area contributed by atoms with E-state index in [-0.39, 0.29) is 23.9 Å². The van der Waals surface area contributed by atoms with E-state index in [0.717, 1.165) is 41.9 Å². The molecule has 4 unspecified atom stereocenters. The second kappa shape index (κ2) is 11.1. The number of carbonyl (C=O) groups is 2. The van der Waals surface area contributed by atoms with Crippen LogP contribution >= 0.6 is 11.3 Å². The molecule has 2 amide bonds. The van der Waals surface area contributed by atoms with Crippen molar-refractivity contribution in [1.29, 1.82) is 0 Å². The van der Waals surface area contributed by atoms with Gasteiger partial charge in [0.25, 0.3) is 11.8 Å². The van der Waals surface area contributed by atoms with Crippen molar-refractivity contribution in [2.24, 2.45) is 0 Å². The first-order valence-electron chi connectivity index (χ1n) is 13.0. The third-order valence-electron chi connectivity index (χ3n) is 7.17. The molecule has 4 atom stereocenters. The van der Waals surface area contributed by atoms with Gasteiger partial charge in [-0.1, -0.05) is 36.4 Å². The molecule has 194 valence electrons. The van der Waals surface area contributed by atoms with Gasteiger partial charge in [-0.15, -0.1) is 11.3 Å². The van der Waals surface area contributed by atoms with Gasteiger partial charge < -0.3 is 20.6 Å². The topological polar surface area (TPSA) is 94.6 Å². The van der Waals surface area contributed by atoms with Crippen LogP contribution in [0.4, 0.5) is 0 Å². The van der Waals surface area contributed by atoms with Gasteiger partial charge in [0.1, 0.15) is 5.01 Å². The molecule has 1 aliphatic carbocycles. The Morgan fingerprint density at radius 3 is 2.54 bits per heavy atom. The van der Waals surface area contributed by atoms with Crippen LogP contribution in [-0.4, -0.2) is 51.5 Å². The van der Waals surface area contributed by atoms with E-state index in [1.165, 1.54) is 0 Å². The van der Waals surface area contributed by atoms with Crippen molar-refractivity contribution in [2.75, 3.05) is 6.54 Å². The Morgan fingerprint density at radius 1 is 1.08 bits per heavy atom. The number of aryl methyl sites for hydroxylation is 1. The van der Waals surface area contributed by atoms with Crippen LogP contribution in [0, 0.1) is 6.92 Å². The first-order valence-corrected chi connectivity index (χ1v) is 13.9. The molecule has 1 saturated heterocycles. The maximum atomic E-state index is 13.4. The third-order valence-corrected chi connectivity index (χ3v) is 8.23. The number of aliphatic hydroxyl groups is 1. The summed E-state index contributed by atoms with van der Waals surface area (Å²) in [6.07, 6.45) is 3.20. The normalized spacial score (nSPS) is 19.9. The highest BCUT2D eigenvalue weighted by molar-refractivity contribution is 7.09. The summed E-state index contributed by atoms with van der Waals surface area (Å²) in [5.41, 5.74) is 2.85. The van der Waals surface area contributed by atoms with Gasteiger partial charge in [-0.25, -0.2) is 4.98 Å². The standard InChI is InChI=1S/C29H34N4O3S/c1-18-17-37-28(30-18)24-12-7-15-33(24)29(36)22-11-6-10-21(16-22)27(35)31-19(2)26(34)25(32-23-13-14-23)20-8-4-3-5-9-20/h3-6,8-11,16-17,19,23-26,32,34H,7,12-15H2,1-2H3,(H,31,35). The van der Waals surface area contributed by atoms with E-state index < -0.39 is 12.1 Å². The largest absolute Gasteiger partial charge is 0.389 e. The van der Waals surface area contributed by atoms with Gasteiger partial charge in [-0.05, 0) is 63.3 Å². The summed E-state index contributed by atoms with van der Waals surface area (Å²) in [7, 11) is 0. The van der Waals surface area contributed by atoms with Crippen LogP contribution in [0.15, 0.2) is 60.0 Å². The lowest BCUT2D eigenvalue weighted by Crippen LogP contribution is -2.47. The molecule has 37 heavy (non-hydrogen) atoms. The molecule has 1 aliphatic heterocycles. The lowest BCUT2D eigenvalue weighted by molar-refractivity contribution is 0.0733.